The molecule has 1 fully saturated rings. The summed E-state index contributed by atoms with van der Waals surface area (Å²) in [5, 5.41) is 9.68. The number of esters is 1. The van der Waals surface area contributed by atoms with Gasteiger partial charge in [-0.05, 0) is 56.9 Å². The Morgan fingerprint density at radius 1 is 1.19 bits per heavy atom. The standard InChI is InChI=1S/C25H34N2O5/c1-5-16-31-21-12-10-20(17-22(21)30-6-2)11-13-23(28)32-19(3)24(29)27(4)25(18-26)14-8-7-9-15-25/h10-13,17,19H,5-9,14-16H2,1-4H3/b13-11+. The lowest BCUT2D eigenvalue weighted by Gasteiger charge is -2.39. The first kappa shape index (κ1) is 25.3. The van der Waals surface area contributed by atoms with Crippen LogP contribution in [0.2, 0.25) is 0 Å². The number of carbonyl (C=O) groups is 2. The molecule has 1 saturated carbocycles. The van der Waals surface area contributed by atoms with Crippen molar-refractivity contribution in [3.05, 3.63) is 29.8 Å². The van der Waals surface area contributed by atoms with Crippen LogP contribution in [-0.2, 0) is 14.3 Å². The highest BCUT2D eigenvalue weighted by atomic mass is 16.5. The predicted molar refractivity (Wildman–Crippen MR) is 122 cm³/mol. The van der Waals surface area contributed by atoms with Gasteiger partial charge in [-0.2, -0.15) is 5.26 Å². The van der Waals surface area contributed by atoms with E-state index in [4.69, 9.17) is 14.2 Å². The Labute approximate surface area is 190 Å². The molecule has 0 aliphatic heterocycles. The van der Waals surface area contributed by atoms with Crippen LogP contribution < -0.4 is 9.47 Å². The summed E-state index contributed by atoms with van der Waals surface area (Å²) in [6.07, 6.45) is 6.97. The molecule has 1 amide bonds. The molecular weight excluding hydrogens is 408 g/mol. The lowest BCUT2D eigenvalue weighted by Crippen LogP contribution is -2.53. The average molecular weight is 443 g/mol. The second-order valence-electron chi connectivity index (χ2n) is 8.00. The van der Waals surface area contributed by atoms with Crippen molar-refractivity contribution in [3.63, 3.8) is 0 Å². The van der Waals surface area contributed by atoms with E-state index in [0.29, 0.717) is 37.6 Å². The van der Waals surface area contributed by atoms with Crippen molar-refractivity contribution in [2.45, 2.75) is 70.9 Å². The summed E-state index contributed by atoms with van der Waals surface area (Å²) in [6.45, 7) is 6.54. The van der Waals surface area contributed by atoms with Gasteiger partial charge in [0.1, 0.15) is 5.54 Å². The number of nitrogens with zero attached hydrogens (tertiary/aromatic N) is 2. The third-order valence-corrected chi connectivity index (χ3v) is 5.64. The minimum absolute atomic E-state index is 0.369. The first-order chi connectivity index (χ1) is 15.4. The van der Waals surface area contributed by atoms with Gasteiger partial charge in [0.2, 0.25) is 0 Å². The maximum Gasteiger partial charge on any atom is 0.331 e. The molecule has 0 bridgehead atoms. The van der Waals surface area contributed by atoms with Gasteiger partial charge in [0.15, 0.2) is 17.6 Å². The number of carbonyl (C=O) groups excluding carboxylic acids is 2. The second-order valence-corrected chi connectivity index (χ2v) is 8.00. The van der Waals surface area contributed by atoms with Crippen LogP contribution in [0.25, 0.3) is 6.08 Å². The SMILES string of the molecule is CCCOc1ccc(/C=C/C(=O)OC(C)C(=O)N(C)C2(C#N)CCCCC2)cc1OCC. The van der Waals surface area contributed by atoms with Gasteiger partial charge in [0.25, 0.3) is 5.91 Å². The summed E-state index contributed by atoms with van der Waals surface area (Å²) in [4.78, 5) is 26.6. The Hall–Kier alpha value is -3.01. The minimum Gasteiger partial charge on any atom is -0.490 e. The highest BCUT2D eigenvalue weighted by molar-refractivity contribution is 5.90. The topological polar surface area (TPSA) is 88.9 Å². The summed E-state index contributed by atoms with van der Waals surface area (Å²) < 4.78 is 16.6. The molecule has 32 heavy (non-hydrogen) atoms. The minimum atomic E-state index is -0.979. The lowest BCUT2D eigenvalue weighted by atomic mass is 9.81. The molecule has 0 saturated heterocycles. The molecule has 1 aliphatic carbocycles. The monoisotopic (exact) mass is 442 g/mol. The summed E-state index contributed by atoms with van der Waals surface area (Å²) in [5.74, 6) is 0.269. The van der Waals surface area contributed by atoms with E-state index in [1.807, 2.05) is 19.9 Å². The zero-order chi connectivity index (χ0) is 23.6. The van der Waals surface area contributed by atoms with E-state index in [-0.39, 0.29) is 5.91 Å². The predicted octanol–water partition coefficient (Wildman–Crippen LogP) is 4.50. The van der Waals surface area contributed by atoms with E-state index >= 15 is 0 Å². The fraction of sp³-hybridized carbons (Fsp3) is 0.560. The summed E-state index contributed by atoms with van der Waals surface area (Å²) in [7, 11) is 1.62. The van der Waals surface area contributed by atoms with Gasteiger partial charge in [-0.3, -0.25) is 4.79 Å². The van der Waals surface area contributed by atoms with Gasteiger partial charge < -0.3 is 19.1 Å². The Morgan fingerprint density at radius 2 is 1.91 bits per heavy atom. The second kappa shape index (κ2) is 12.1. The molecule has 0 radical (unpaired) electrons. The van der Waals surface area contributed by atoms with E-state index in [0.717, 1.165) is 31.2 Å². The Bertz CT molecular complexity index is 852. The van der Waals surface area contributed by atoms with Gasteiger partial charge in [-0.1, -0.05) is 32.3 Å². The average Bonchev–Trinajstić information content (AvgIpc) is 2.81. The zero-order valence-electron chi connectivity index (χ0n) is 19.6. The van der Waals surface area contributed by atoms with Crippen molar-refractivity contribution in [2.24, 2.45) is 0 Å². The lowest BCUT2D eigenvalue weighted by molar-refractivity contribution is -0.157. The van der Waals surface area contributed by atoms with Crippen molar-refractivity contribution >= 4 is 18.0 Å². The van der Waals surface area contributed by atoms with E-state index in [1.54, 1.807) is 25.3 Å². The van der Waals surface area contributed by atoms with Gasteiger partial charge in [0, 0.05) is 13.1 Å². The smallest absolute Gasteiger partial charge is 0.331 e. The van der Waals surface area contributed by atoms with Crippen molar-refractivity contribution in [1.29, 1.82) is 5.26 Å². The van der Waals surface area contributed by atoms with Crippen LogP contribution in [0.4, 0.5) is 0 Å². The molecule has 1 atom stereocenters. The number of likely N-dealkylation sites (N-methyl/N-ethyl adjacent to an activating group) is 1. The number of amides is 1. The molecule has 0 spiro atoms. The molecule has 0 aromatic heterocycles. The number of hydrogen-bond acceptors (Lipinski definition) is 6. The number of benzene rings is 1. The maximum absolute atomic E-state index is 12.8. The number of rotatable bonds is 10. The van der Waals surface area contributed by atoms with Crippen molar-refractivity contribution in [3.8, 4) is 17.6 Å². The van der Waals surface area contributed by atoms with Gasteiger partial charge in [0.05, 0.1) is 19.3 Å². The van der Waals surface area contributed by atoms with Crippen molar-refractivity contribution in [1.82, 2.24) is 4.90 Å². The molecule has 7 nitrogen and oxygen atoms in total. The van der Waals surface area contributed by atoms with Crippen LogP contribution in [0.5, 0.6) is 11.5 Å². The number of nitriles is 1. The van der Waals surface area contributed by atoms with E-state index in [1.165, 1.54) is 17.9 Å². The van der Waals surface area contributed by atoms with Crippen molar-refractivity contribution < 1.29 is 23.8 Å². The molecule has 1 aromatic rings. The third-order valence-electron chi connectivity index (χ3n) is 5.64. The van der Waals surface area contributed by atoms with Gasteiger partial charge in [-0.15, -0.1) is 0 Å². The number of ether oxygens (including phenoxy) is 3. The maximum atomic E-state index is 12.8. The molecule has 0 heterocycles. The van der Waals surface area contributed by atoms with E-state index < -0.39 is 17.6 Å². The third kappa shape index (κ3) is 6.49. The van der Waals surface area contributed by atoms with Crippen LogP contribution >= 0.6 is 0 Å². The van der Waals surface area contributed by atoms with E-state index in [9.17, 15) is 14.9 Å². The van der Waals surface area contributed by atoms with Gasteiger partial charge in [-0.25, -0.2) is 4.79 Å². The zero-order valence-corrected chi connectivity index (χ0v) is 19.6. The first-order valence-electron chi connectivity index (χ1n) is 11.3. The Balaban J connectivity index is 2.01. The van der Waals surface area contributed by atoms with Crippen LogP contribution in [0, 0.1) is 11.3 Å². The van der Waals surface area contributed by atoms with Crippen LogP contribution in [0.15, 0.2) is 24.3 Å². The Kier molecular flexibility index (Phi) is 9.58. The molecule has 0 N–H and O–H groups in total. The quantitative estimate of drug-likeness (QED) is 0.391. The fourth-order valence-electron chi connectivity index (χ4n) is 3.80. The van der Waals surface area contributed by atoms with Crippen LogP contribution in [0.1, 0.15) is 64.9 Å². The van der Waals surface area contributed by atoms with Crippen LogP contribution in [-0.4, -0.2) is 48.7 Å². The molecule has 1 aromatic carbocycles. The highest BCUT2D eigenvalue weighted by Crippen LogP contribution is 2.33. The molecule has 174 valence electrons. The summed E-state index contributed by atoms with van der Waals surface area (Å²) in [5.41, 5.74) is -0.0701. The first-order valence-corrected chi connectivity index (χ1v) is 11.3. The van der Waals surface area contributed by atoms with Crippen molar-refractivity contribution in [2.75, 3.05) is 20.3 Å². The van der Waals surface area contributed by atoms with E-state index in [2.05, 4.69) is 6.07 Å². The molecular formula is C25H34N2O5. The molecule has 2 rings (SSSR count). The molecule has 1 aliphatic rings. The van der Waals surface area contributed by atoms with Gasteiger partial charge >= 0.3 is 5.97 Å². The Morgan fingerprint density at radius 3 is 2.53 bits per heavy atom. The fourth-order valence-corrected chi connectivity index (χ4v) is 3.80. The summed E-state index contributed by atoms with van der Waals surface area (Å²) >= 11 is 0. The summed E-state index contributed by atoms with van der Waals surface area (Å²) in [6, 6.07) is 7.73. The molecule has 7 heteroatoms. The van der Waals surface area contributed by atoms with Crippen LogP contribution in [0.3, 0.4) is 0 Å². The normalized spacial score (nSPS) is 16.1. The largest absolute Gasteiger partial charge is 0.490 e. The highest BCUT2D eigenvalue weighted by Gasteiger charge is 2.40. The molecule has 1 unspecified atom stereocenters. The number of hydrogen-bond donors (Lipinski definition) is 0.